The first kappa shape index (κ1) is 7.83. The first-order chi connectivity index (χ1) is 6.95. The third kappa shape index (κ3) is 1.08. The van der Waals surface area contributed by atoms with Crippen molar-refractivity contribution in [3.05, 3.63) is 42.2 Å². The van der Waals surface area contributed by atoms with Gasteiger partial charge in [-0.1, -0.05) is 24.3 Å². The van der Waals surface area contributed by atoms with Crippen LogP contribution in [0.4, 0.5) is 0 Å². The van der Waals surface area contributed by atoms with Crippen LogP contribution in [0, 0.1) is 0 Å². The zero-order chi connectivity index (χ0) is 9.38. The molecule has 0 fully saturated rings. The van der Waals surface area contributed by atoms with Crippen LogP contribution in [-0.4, -0.2) is 13.1 Å². The maximum Gasteiger partial charge on any atom is 0.134 e. The fraction of sp³-hybridized carbons (Fsp3) is 0.167. The van der Waals surface area contributed by atoms with Gasteiger partial charge in [0.25, 0.3) is 0 Å². The van der Waals surface area contributed by atoms with Gasteiger partial charge in [-0.25, -0.2) is 0 Å². The Morgan fingerprint density at radius 3 is 3.00 bits per heavy atom. The lowest BCUT2D eigenvalue weighted by atomic mass is 10.1. The fourth-order valence-corrected chi connectivity index (χ4v) is 1.91. The van der Waals surface area contributed by atoms with Crippen LogP contribution in [0.2, 0.25) is 0 Å². The van der Waals surface area contributed by atoms with E-state index in [-0.39, 0.29) is 0 Å². The summed E-state index contributed by atoms with van der Waals surface area (Å²) in [7, 11) is 0. The lowest BCUT2D eigenvalue weighted by molar-refractivity contribution is 0.614. The number of benzene rings is 1. The first-order valence-corrected chi connectivity index (χ1v) is 4.81. The smallest absolute Gasteiger partial charge is 0.134 e. The van der Waals surface area contributed by atoms with Crippen molar-refractivity contribution >= 4 is 16.5 Å². The fourth-order valence-electron chi connectivity index (χ4n) is 1.91. The van der Waals surface area contributed by atoms with Crippen LogP contribution in [0.1, 0.15) is 5.56 Å². The summed E-state index contributed by atoms with van der Waals surface area (Å²) in [5.74, 6) is 0. The summed E-state index contributed by atoms with van der Waals surface area (Å²) in [5.41, 5.74) is 3.54. The summed E-state index contributed by atoms with van der Waals surface area (Å²) >= 11 is 0. The molecule has 0 saturated heterocycles. The van der Waals surface area contributed by atoms with Crippen LogP contribution in [-0.2, 0) is 0 Å². The Morgan fingerprint density at radius 1 is 1.21 bits per heavy atom. The molecule has 70 valence electrons. The van der Waals surface area contributed by atoms with E-state index in [2.05, 4.69) is 17.5 Å². The maximum absolute atomic E-state index is 5.49. The molecule has 1 aromatic carbocycles. The lowest BCUT2D eigenvalue weighted by Crippen LogP contribution is -2.07. The molecule has 0 atom stereocenters. The third-order valence-corrected chi connectivity index (χ3v) is 2.64. The Balaban J connectivity index is 2.21. The number of para-hydroxylation sites is 1. The van der Waals surface area contributed by atoms with Gasteiger partial charge in [-0.15, -0.1) is 0 Å². The SMILES string of the molecule is C1=C(c2coc3ccccc23)CNC1. The van der Waals surface area contributed by atoms with Crippen LogP contribution in [0.25, 0.3) is 16.5 Å². The van der Waals surface area contributed by atoms with Crippen molar-refractivity contribution in [1.82, 2.24) is 5.32 Å². The van der Waals surface area contributed by atoms with E-state index >= 15 is 0 Å². The van der Waals surface area contributed by atoms with E-state index in [9.17, 15) is 0 Å². The summed E-state index contributed by atoms with van der Waals surface area (Å²) in [4.78, 5) is 0. The van der Waals surface area contributed by atoms with Crippen LogP contribution < -0.4 is 5.32 Å². The molecule has 1 N–H and O–H groups in total. The van der Waals surface area contributed by atoms with Gasteiger partial charge >= 0.3 is 0 Å². The molecule has 0 radical (unpaired) electrons. The molecule has 2 nitrogen and oxygen atoms in total. The summed E-state index contributed by atoms with van der Waals surface area (Å²) in [5, 5.41) is 4.50. The van der Waals surface area contributed by atoms with Gasteiger partial charge in [0.2, 0.25) is 0 Å². The third-order valence-electron chi connectivity index (χ3n) is 2.64. The molecule has 0 saturated carbocycles. The molecule has 0 bridgehead atoms. The largest absolute Gasteiger partial charge is 0.464 e. The van der Waals surface area contributed by atoms with E-state index in [1.807, 2.05) is 24.5 Å². The van der Waals surface area contributed by atoms with Crippen molar-refractivity contribution in [2.75, 3.05) is 13.1 Å². The van der Waals surface area contributed by atoms with Gasteiger partial charge < -0.3 is 9.73 Å². The van der Waals surface area contributed by atoms with Crippen LogP contribution in [0.5, 0.6) is 0 Å². The topological polar surface area (TPSA) is 25.2 Å². The molecular formula is C12H11NO. The molecule has 3 rings (SSSR count). The van der Waals surface area contributed by atoms with Crippen molar-refractivity contribution in [2.24, 2.45) is 0 Å². The monoisotopic (exact) mass is 185 g/mol. The van der Waals surface area contributed by atoms with Gasteiger partial charge in [-0.2, -0.15) is 0 Å². The van der Waals surface area contributed by atoms with Gasteiger partial charge in [-0.05, 0) is 11.6 Å². The van der Waals surface area contributed by atoms with E-state index in [0.717, 1.165) is 18.7 Å². The minimum absolute atomic E-state index is 0.948. The number of nitrogens with one attached hydrogen (secondary N) is 1. The second-order valence-corrected chi connectivity index (χ2v) is 3.51. The standard InChI is InChI=1S/C12H11NO/c1-2-4-12-10(3-1)11(8-14-12)9-5-6-13-7-9/h1-5,8,13H,6-7H2. The molecular weight excluding hydrogens is 174 g/mol. The zero-order valence-electron chi connectivity index (χ0n) is 7.79. The molecule has 0 aliphatic carbocycles. The van der Waals surface area contributed by atoms with Gasteiger partial charge in [0.05, 0.1) is 6.26 Å². The highest BCUT2D eigenvalue weighted by Gasteiger charge is 2.11. The van der Waals surface area contributed by atoms with Gasteiger partial charge in [-0.3, -0.25) is 0 Å². The molecule has 0 spiro atoms. The van der Waals surface area contributed by atoms with Crippen molar-refractivity contribution in [3.8, 4) is 0 Å². The number of hydrogen-bond donors (Lipinski definition) is 1. The second kappa shape index (κ2) is 3.00. The number of fused-ring (bicyclic) bond motifs is 1. The quantitative estimate of drug-likeness (QED) is 0.738. The van der Waals surface area contributed by atoms with Crippen LogP contribution in [0.3, 0.4) is 0 Å². The minimum atomic E-state index is 0.948. The Bertz CT molecular complexity index is 496. The molecule has 1 aliphatic rings. The average molecular weight is 185 g/mol. The Kier molecular flexibility index (Phi) is 1.67. The highest BCUT2D eigenvalue weighted by molar-refractivity contribution is 5.91. The maximum atomic E-state index is 5.49. The van der Waals surface area contributed by atoms with Crippen molar-refractivity contribution < 1.29 is 4.42 Å². The molecule has 0 unspecified atom stereocenters. The van der Waals surface area contributed by atoms with Gasteiger partial charge in [0.1, 0.15) is 5.58 Å². The molecule has 1 aromatic heterocycles. The normalized spacial score (nSPS) is 16.1. The predicted octanol–water partition coefficient (Wildman–Crippen LogP) is 2.42. The second-order valence-electron chi connectivity index (χ2n) is 3.51. The van der Waals surface area contributed by atoms with E-state index in [0.29, 0.717) is 0 Å². The number of furan rings is 1. The zero-order valence-corrected chi connectivity index (χ0v) is 7.79. The van der Waals surface area contributed by atoms with E-state index in [1.165, 1.54) is 16.5 Å². The van der Waals surface area contributed by atoms with Crippen molar-refractivity contribution in [3.63, 3.8) is 0 Å². The van der Waals surface area contributed by atoms with E-state index in [1.54, 1.807) is 0 Å². The van der Waals surface area contributed by atoms with Gasteiger partial charge in [0.15, 0.2) is 0 Å². The first-order valence-electron chi connectivity index (χ1n) is 4.81. The van der Waals surface area contributed by atoms with E-state index < -0.39 is 0 Å². The Morgan fingerprint density at radius 2 is 2.14 bits per heavy atom. The van der Waals surface area contributed by atoms with Crippen molar-refractivity contribution in [2.45, 2.75) is 0 Å². The highest BCUT2D eigenvalue weighted by atomic mass is 16.3. The lowest BCUT2D eigenvalue weighted by Gasteiger charge is -1.97. The molecule has 14 heavy (non-hydrogen) atoms. The summed E-state index contributed by atoms with van der Waals surface area (Å²) in [6.07, 6.45) is 4.07. The average Bonchev–Trinajstić information content (AvgIpc) is 2.85. The Hall–Kier alpha value is -1.54. The number of rotatable bonds is 1. The highest BCUT2D eigenvalue weighted by Crippen LogP contribution is 2.27. The van der Waals surface area contributed by atoms with E-state index in [4.69, 9.17) is 4.42 Å². The van der Waals surface area contributed by atoms with Gasteiger partial charge in [0, 0.05) is 24.0 Å². The van der Waals surface area contributed by atoms with Crippen LogP contribution in [0.15, 0.2) is 41.0 Å². The summed E-state index contributed by atoms with van der Waals surface area (Å²) in [6.45, 7) is 1.92. The number of hydrogen-bond acceptors (Lipinski definition) is 2. The predicted molar refractivity (Wildman–Crippen MR) is 57.1 cm³/mol. The molecule has 2 heterocycles. The van der Waals surface area contributed by atoms with Crippen LogP contribution >= 0.6 is 0 Å². The summed E-state index contributed by atoms with van der Waals surface area (Å²) in [6, 6.07) is 8.15. The molecule has 2 aromatic rings. The Labute approximate surface area is 82.2 Å². The molecule has 1 aliphatic heterocycles. The minimum Gasteiger partial charge on any atom is -0.464 e. The summed E-state index contributed by atoms with van der Waals surface area (Å²) < 4.78 is 5.49. The molecule has 0 amide bonds. The van der Waals surface area contributed by atoms with Crippen molar-refractivity contribution in [1.29, 1.82) is 0 Å². The molecule has 2 heteroatoms.